The summed E-state index contributed by atoms with van der Waals surface area (Å²) < 4.78 is 1.28. The molecule has 10 nitrogen and oxygen atoms in total. The van der Waals surface area contributed by atoms with Crippen molar-refractivity contribution < 1.29 is 4.79 Å². The zero-order valence-corrected chi connectivity index (χ0v) is 18.6. The molecule has 1 saturated carbocycles. The van der Waals surface area contributed by atoms with Gasteiger partial charge in [-0.2, -0.15) is 0 Å². The molecule has 2 fully saturated rings. The van der Waals surface area contributed by atoms with Gasteiger partial charge < -0.3 is 15.2 Å². The summed E-state index contributed by atoms with van der Waals surface area (Å²) in [4.78, 5) is 52.8. The molecular weight excluding hydrogens is 422 g/mol. The maximum atomic E-state index is 12.7. The molecule has 0 atom stereocenters. The summed E-state index contributed by atoms with van der Waals surface area (Å²) in [5.74, 6) is 0.238. The monoisotopic (exact) mass is 449 g/mol. The third kappa shape index (κ3) is 4.51. The van der Waals surface area contributed by atoms with E-state index >= 15 is 0 Å². The fourth-order valence-corrected chi connectivity index (χ4v) is 4.25. The second-order valence-electron chi connectivity index (χ2n) is 8.77. The first kappa shape index (κ1) is 21.3. The highest BCUT2D eigenvalue weighted by molar-refractivity contribution is 5.92. The number of hydrogen-bond donors (Lipinski definition) is 2. The first-order chi connectivity index (χ1) is 16.0. The van der Waals surface area contributed by atoms with Gasteiger partial charge in [-0.15, -0.1) is 0 Å². The van der Waals surface area contributed by atoms with Crippen molar-refractivity contribution in [2.45, 2.75) is 25.9 Å². The summed E-state index contributed by atoms with van der Waals surface area (Å²) in [5.41, 5.74) is 2.50. The first-order valence-corrected chi connectivity index (χ1v) is 11.3. The highest BCUT2D eigenvalue weighted by Gasteiger charge is 2.24. The van der Waals surface area contributed by atoms with Crippen LogP contribution in [0.4, 0.5) is 5.69 Å². The summed E-state index contributed by atoms with van der Waals surface area (Å²) >= 11 is 0. The van der Waals surface area contributed by atoms with E-state index in [1.54, 1.807) is 25.5 Å². The Hall–Kier alpha value is -3.53. The van der Waals surface area contributed by atoms with Crippen LogP contribution in [0.15, 0.2) is 40.2 Å². The Kier molecular flexibility index (Phi) is 5.67. The fraction of sp³-hybridized carbons (Fsp3) is 0.435. The fourth-order valence-electron chi connectivity index (χ4n) is 4.25. The number of fused-ring (bicyclic) bond motifs is 1. The number of nitrogens with zero attached hydrogens (tertiary/aromatic N) is 5. The molecule has 1 aliphatic heterocycles. The number of aromatic nitrogens is 4. The topological polar surface area (TPSA) is 116 Å². The summed E-state index contributed by atoms with van der Waals surface area (Å²) in [6.45, 7) is 4.55. The summed E-state index contributed by atoms with van der Waals surface area (Å²) in [6, 6.07) is 5.52. The number of aromatic amines is 1. The standard InChI is InChI=1S/C23H27N7O3/c1-24-21(31)18-5-4-17(12-25-18)29-8-6-28(7-9-29)13-16-10-19-20(26-11-16)22(32)30(23(33)27-19)14-15-2-3-15/h4-5,10-12,15H,2-3,6-9,13-14H2,1H3,(H,24,31)(H,27,33). The highest BCUT2D eigenvalue weighted by Crippen LogP contribution is 2.29. The second-order valence-corrected chi connectivity index (χ2v) is 8.77. The average Bonchev–Trinajstić information content (AvgIpc) is 3.66. The van der Waals surface area contributed by atoms with Crippen LogP contribution < -0.4 is 21.5 Å². The number of H-pyrrole nitrogens is 1. The predicted octanol–water partition coefficient (Wildman–Crippen LogP) is 0.572. The molecule has 3 aromatic heterocycles. The van der Waals surface area contributed by atoms with Gasteiger partial charge in [0.15, 0.2) is 5.52 Å². The Morgan fingerprint density at radius 3 is 2.58 bits per heavy atom. The zero-order chi connectivity index (χ0) is 22.9. The molecule has 0 unspecified atom stereocenters. The minimum Gasteiger partial charge on any atom is -0.368 e. The van der Waals surface area contributed by atoms with Gasteiger partial charge in [0.05, 0.1) is 17.4 Å². The summed E-state index contributed by atoms with van der Waals surface area (Å²) in [6.07, 6.45) is 5.61. The van der Waals surface area contributed by atoms with Crippen LogP contribution in [0, 0.1) is 5.92 Å². The minimum atomic E-state index is -0.358. The van der Waals surface area contributed by atoms with Crippen LogP contribution in [-0.4, -0.2) is 63.6 Å². The average molecular weight is 450 g/mol. The molecule has 1 amide bonds. The number of anilines is 1. The van der Waals surface area contributed by atoms with Gasteiger partial charge in [0, 0.05) is 52.5 Å². The van der Waals surface area contributed by atoms with Gasteiger partial charge in [-0.05, 0) is 42.5 Å². The van der Waals surface area contributed by atoms with E-state index in [1.807, 2.05) is 12.1 Å². The maximum absolute atomic E-state index is 12.7. The lowest BCUT2D eigenvalue weighted by molar-refractivity contribution is 0.0958. The van der Waals surface area contributed by atoms with Gasteiger partial charge in [0.25, 0.3) is 11.5 Å². The van der Waals surface area contributed by atoms with Crippen LogP contribution in [0.2, 0.25) is 0 Å². The molecule has 172 valence electrons. The van der Waals surface area contributed by atoms with E-state index in [0.717, 1.165) is 50.3 Å². The number of rotatable bonds is 6. The van der Waals surface area contributed by atoms with E-state index in [0.29, 0.717) is 35.7 Å². The quantitative estimate of drug-likeness (QED) is 0.565. The smallest absolute Gasteiger partial charge is 0.328 e. The third-order valence-electron chi connectivity index (χ3n) is 6.37. The lowest BCUT2D eigenvalue weighted by Gasteiger charge is -2.36. The second kappa shape index (κ2) is 8.78. The van der Waals surface area contributed by atoms with Crippen LogP contribution >= 0.6 is 0 Å². The van der Waals surface area contributed by atoms with Gasteiger partial charge in [0.1, 0.15) is 5.69 Å². The lowest BCUT2D eigenvalue weighted by atomic mass is 10.2. The number of carbonyl (C=O) groups is 1. The van der Waals surface area contributed by atoms with Crippen molar-refractivity contribution in [3.63, 3.8) is 0 Å². The molecule has 3 aromatic rings. The Bertz CT molecular complexity index is 1290. The van der Waals surface area contributed by atoms with E-state index in [9.17, 15) is 14.4 Å². The van der Waals surface area contributed by atoms with E-state index in [2.05, 4.69) is 30.1 Å². The largest absolute Gasteiger partial charge is 0.368 e. The zero-order valence-electron chi connectivity index (χ0n) is 18.6. The normalized spacial score (nSPS) is 16.8. The maximum Gasteiger partial charge on any atom is 0.328 e. The molecule has 0 aromatic carbocycles. The minimum absolute atomic E-state index is 0.196. The van der Waals surface area contributed by atoms with Crippen molar-refractivity contribution in [3.8, 4) is 0 Å². The summed E-state index contributed by atoms with van der Waals surface area (Å²) in [5, 5.41) is 2.57. The van der Waals surface area contributed by atoms with Crippen molar-refractivity contribution in [1.82, 2.24) is 29.7 Å². The molecule has 1 saturated heterocycles. The molecule has 10 heteroatoms. The van der Waals surface area contributed by atoms with Crippen LogP contribution in [0.3, 0.4) is 0 Å². The van der Waals surface area contributed by atoms with Crippen molar-refractivity contribution in [1.29, 1.82) is 0 Å². The Morgan fingerprint density at radius 1 is 1.12 bits per heavy atom. The van der Waals surface area contributed by atoms with Crippen molar-refractivity contribution in [3.05, 3.63) is 62.7 Å². The molecular formula is C23H27N7O3. The van der Waals surface area contributed by atoms with E-state index < -0.39 is 0 Å². The van der Waals surface area contributed by atoms with E-state index in [1.165, 1.54) is 4.57 Å². The van der Waals surface area contributed by atoms with E-state index in [-0.39, 0.29) is 17.2 Å². The predicted molar refractivity (Wildman–Crippen MR) is 124 cm³/mol. The van der Waals surface area contributed by atoms with Gasteiger partial charge in [-0.1, -0.05) is 0 Å². The lowest BCUT2D eigenvalue weighted by Crippen LogP contribution is -2.46. The van der Waals surface area contributed by atoms with Crippen LogP contribution in [-0.2, 0) is 13.1 Å². The van der Waals surface area contributed by atoms with Gasteiger partial charge >= 0.3 is 5.69 Å². The molecule has 0 radical (unpaired) electrons. The molecule has 4 heterocycles. The van der Waals surface area contributed by atoms with Crippen LogP contribution in [0.25, 0.3) is 11.0 Å². The van der Waals surface area contributed by atoms with Gasteiger partial charge in [0.2, 0.25) is 0 Å². The number of hydrogen-bond acceptors (Lipinski definition) is 7. The number of nitrogens with one attached hydrogen (secondary N) is 2. The highest BCUT2D eigenvalue weighted by atomic mass is 16.2. The molecule has 5 rings (SSSR count). The first-order valence-electron chi connectivity index (χ1n) is 11.3. The van der Waals surface area contributed by atoms with Crippen LogP contribution in [0.5, 0.6) is 0 Å². The number of piperazine rings is 1. The summed E-state index contributed by atoms with van der Waals surface area (Å²) in [7, 11) is 1.59. The molecule has 1 aliphatic carbocycles. The molecule has 0 bridgehead atoms. The molecule has 2 aliphatic rings. The Labute approximate surface area is 190 Å². The number of amides is 1. The van der Waals surface area contributed by atoms with E-state index in [4.69, 9.17) is 0 Å². The Balaban J connectivity index is 1.24. The van der Waals surface area contributed by atoms with Crippen molar-refractivity contribution in [2.75, 3.05) is 38.1 Å². The van der Waals surface area contributed by atoms with Crippen molar-refractivity contribution in [2.24, 2.45) is 5.92 Å². The third-order valence-corrected chi connectivity index (χ3v) is 6.37. The van der Waals surface area contributed by atoms with Gasteiger partial charge in [-0.3, -0.25) is 19.1 Å². The molecule has 0 spiro atoms. The Morgan fingerprint density at radius 2 is 1.91 bits per heavy atom. The number of pyridine rings is 2. The number of carbonyl (C=O) groups excluding carboxylic acids is 1. The SMILES string of the molecule is CNC(=O)c1ccc(N2CCN(Cc3cnc4c(=O)n(CC5CC5)c(=O)[nH]c4c3)CC2)cn1. The van der Waals surface area contributed by atoms with Crippen LogP contribution in [0.1, 0.15) is 28.9 Å². The van der Waals surface area contributed by atoms with Crippen molar-refractivity contribution >= 4 is 22.6 Å². The van der Waals surface area contributed by atoms with Gasteiger partial charge in [-0.25, -0.2) is 14.8 Å². The molecule has 2 N–H and O–H groups in total. The molecule has 33 heavy (non-hydrogen) atoms.